The molecule has 0 heterocycles. The summed E-state index contributed by atoms with van der Waals surface area (Å²) >= 11 is 1.74. The molecule has 1 radical (unpaired) electrons. The van der Waals surface area contributed by atoms with E-state index < -0.39 is 0 Å². The summed E-state index contributed by atoms with van der Waals surface area (Å²) in [6.07, 6.45) is 4.95. The molecule has 1 rings (SSSR count). The molecule has 0 aliphatic heterocycles. The zero-order valence-electron chi connectivity index (χ0n) is 6.85. The third-order valence-electron chi connectivity index (χ3n) is 1.49. The molecular weight excluding hydrogens is 152 g/mol. The Hall–Kier alpha value is -0.690. The van der Waals surface area contributed by atoms with Crippen molar-refractivity contribution in [2.75, 3.05) is 6.26 Å². The normalized spacial score (nSPS) is 9.64. The maximum atomic E-state index is 3.61. The highest BCUT2D eigenvalue weighted by atomic mass is 32.2. The van der Waals surface area contributed by atoms with Crippen molar-refractivity contribution in [3.63, 3.8) is 0 Å². The largest absolute Gasteiger partial charge is 0.130 e. The predicted molar refractivity (Wildman–Crippen MR) is 50.9 cm³/mol. The summed E-state index contributed by atoms with van der Waals surface area (Å²) < 4.78 is 0. The summed E-state index contributed by atoms with van der Waals surface area (Å²) in [6.45, 7) is 5.70. The number of benzene rings is 1. The Balaban J connectivity index is 3.11. The monoisotopic (exact) mass is 163 g/mol. The first-order valence-corrected chi connectivity index (χ1v) is 4.67. The molecule has 0 saturated carbocycles. The first-order chi connectivity index (χ1) is 5.26. The minimum Gasteiger partial charge on any atom is -0.130 e. The van der Waals surface area contributed by atoms with Crippen molar-refractivity contribution in [2.45, 2.75) is 11.8 Å². The highest BCUT2D eigenvalue weighted by Crippen LogP contribution is 2.18. The summed E-state index contributed by atoms with van der Waals surface area (Å²) in [5.74, 6) is 0. The van der Waals surface area contributed by atoms with Gasteiger partial charge in [-0.3, -0.25) is 0 Å². The minimum absolute atomic E-state index is 1.08. The summed E-state index contributed by atoms with van der Waals surface area (Å²) in [7, 11) is 0. The quantitative estimate of drug-likeness (QED) is 0.604. The standard InChI is InChI=1S/C10H11S/c1-4-9-5-8(2)6-10(7-9)11-3/h5-7H,1H2,2-3H3. The Morgan fingerprint density at radius 3 is 2.64 bits per heavy atom. The molecule has 0 amide bonds. The Labute approximate surface area is 72.3 Å². The van der Waals surface area contributed by atoms with Crippen LogP contribution >= 0.6 is 11.8 Å². The Morgan fingerprint density at radius 2 is 2.09 bits per heavy atom. The van der Waals surface area contributed by atoms with E-state index in [1.54, 1.807) is 11.8 Å². The lowest BCUT2D eigenvalue weighted by molar-refractivity contribution is 1.33. The molecular formula is C10H11S. The van der Waals surface area contributed by atoms with Gasteiger partial charge >= 0.3 is 0 Å². The van der Waals surface area contributed by atoms with Crippen molar-refractivity contribution >= 4 is 11.8 Å². The van der Waals surface area contributed by atoms with E-state index in [4.69, 9.17) is 0 Å². The molecule has 1 aromatic rings. The van der Waals surface area contributed by atoms with Gasteiger partial charge in [0.15, 0.2) is 0 Å². The van der Waals surface area contributed by atoms with Crippen molar-refractivity contribution in [1.29, 1.82) is 0 Å². The van der Waals surface area contributed by atoms with Crippen LogP contribution in [0.5, 0.6) is 0 Å². The molecule has 0 unspecified atom stereocenters. The van der Waals surface area contributed by atoms with Crippen molar-refractivity contribution in [2.24, 2.45) is 0 Å². The molecule has 1 heteroatoms. The van der Waals surface area contributed by atoms with Crippen LogP contribution in [0.3, 0.4) is 0 Å². The molecule has 0 aromatic heterocycles. The average Bonchev–Trinajstić information content (AvgIpc) is 2.03. The highest BCUT2D eigenvalue weighted by Gasteiger charge is 1.93. The molecule has 0 atom stereocenters. The van der Waals surface area contributed by atoms with E-state index in [1.165, 1.54) is 10.5 Å². The molecule has 11 heavy (non-hydrogen) atoms. The van der Waals surface area contributed by atoms with Gasteiger partial charge in [0.05, 0.1) is 0 Å². The van der Waals surface area contributed by atoms with E-state index in [9.17, 15) is 0 Å². The fraction of sp³-hybridized carbons (Fsp3) is 0.200. The minimum atomic E-state index is 1.08. The molecule has 1 aromatic carbocycles. The molecule has 0 saturated heterocycles. The second-order valence-electron chi connectivity index (χ2n) is 2.42. The van der Waals surface area contributed by atoms with E-state index >= 15 is 0 Å². The summed E-state index contributed by atoms with van der Waals surface area (Å²) in [4.78, 5) is 1.27. The first kappa shape index (κ1) is 8.41. The first-order valence-electron chi connectivity index (χ1n) is 3.45. The van der Waals surface area contributed by atoms with Crippen LogP contribution in [0.4, 0.5) is 0 Å². The smallest absolute Gasteiger partial charge is 0.00779 e. The number of rotatable bonds is 2. The van der Waals surface area contributed by atoms with Crippen LogP contribution in [0.2, 0.25) is 0 Å². The average molecular weight is 163 g/mol. The van der Waals surface area contributed by atoms with Crippen LogP contribution in [0.1, 0.15) is 11.1 Å². The van der Waals surface area contributed by atoms with Gasteiger partial charge in [0.1, 0.15) is 0 Å². The molecule has 0 bridgehead atoms. The summed E-state index contributed by atoms with van der Waals surface area (Å²) in [5, 5.41) is 0. The Bertz CT molecular complexity index is 264. The lowest BCUT2D eigenvalue weighted by Gasteiger charge is -2.00. The van der Waals surface area contributed by atoms with Crippen molar-refractivity contribution < 1.29 is 0 Å². The summed E-state index contributed by atoms with van der Waals surface area (Å²) in [5.41, 5.74) is 2.34. The third-order valence-corrected chi connectivity index (χ3v) is 2.20. The fourth-order valence-electron chi connectivity index (χ4n) is 0.968. The zero-order chi connectivity index (χ0) is 8.27. The molecule has 0 nitrogen and oxygen atoms in total. The van der Waals surface area contributed by atoms with Crippen molar-refractivity contribution in [3.8, 4) is 0 Å². The van der Waals surface area contributed by atoms with E-state index in [1.807, 2.05) is 0 Å². The summed E-state index contributed by atoms with van der Waals surface area (Å²) in [6, 6.07) is 6.32. The third kappa shape index (κ3) is 2.12. The SMILES string of the molecule is C=[C]c1cc(C)cc(SC)c1. The van der Waals surface area contributed by atoms with Crippen molar-refractivity contribution in [3.05, 3.63) is 42.0 Å². The van der Waals surface area contributed by atoms with Gasteiger partial charge in [-0.2, -0.15) is 0 Å². The van der Waals surface area contributed by atoms with E-state index in [-0.39, 0.29) is 0 Å². The number of aryl methyl sites for hydroxylation is 1. The molecule has 0 aliphatic carbocycles. The second kappa shape index (κ2) is 3.63. The lowest BCUT2D eigenvalue weighted by atomic mass is 10.1. The van der Waals surface area contributed by atoms with E-state index in [0.717, 1.165) is 5.56 Å². The fourth-order valence-corrected chi connectivity index (χ4v) is 1.52. The van der Waals surface area contributed by atoms with Crippen LogP contribution in [-0.4, -0.2) is 6.26 Å². The molecule has 0 aliphatic rings. The maximum Gasteiger partial charge on any atom is 0.00779 e. The van der Waals surface area contributed by atoms with Crippen molar-refractivity contribution in [1.82, 2.24) is 0 Å². The van der Waals surface area contributed by atoms with E-state index in [2.05, 4.69) is 44.0 Å². The topological polar surface area (TPSA) is 0 Å². The number of thioether (sulfide) groups is 1. The van der Waals surface area contributed by atoms with Crippen LogP contribution in [0.15, 0.2) is 29.7 Å². The van der Waals surface area contributed by atoms with Gasteiger partial charge in [0, 0.05) is 4.90 Å². The van der Waals surface area contributed by atoms with Gasteiger partial charge in [0.2, 0.25) is 0 Å². The number of hydrogen-bond acceptors (Lipinski definition) is 1. The van der Waals surface area contributed by atoms with Gasteiger partial charge in [0.25, 0.3) is 0 Å². The van der Waals surface area contributed by atoms with Gasteiger partial charge in [-0.05, 0) is 42.5 Å². The van der Waals surface area contributed by atoms with Gasteiger partial charge in [-0.1, -0.05) is 12.6 Å². The molecule has 57 valence electrons. The Kier molecular flexibility index (Phi) is 2.77. The van der Waals surface area contributed by atoms with Crippen LogP contribution in [0.25, 0.3) is 0 Å². The molecule has 0 fully saturated rings. The van der Waals surface area contributed by atoms with Crippen LogP contribution < -0.4 is 0 Å². The predicted octanol–water partition coefficient (Wildman–Crippen LogP) is 3.05. The van der Waals surface area contributed by atoms with Gasteiger partial charge < -0.3 is 0 Å². The lowest BCUT2D eigenvalue weighted by Crippen LogP contribution is -1.79. The Morgan fingerprint density at radius 1 is 1.36 bits per heavy atom. The zero-order valence-corrected chi connectivity index (χ0v) is 7.66. The van der Waals surface area contributed by atoms with Gasteiger partial charge in [-0.25, -0.2) is 0 Å². The second-order valence-corrected chi connectivity index (χ2v) is 3.30. The van der Waals surface area contributed by atoms with E-state index in [0.29, 0.717) is 0 Å². The van der Waals surface area contributed by atoms with Crippen LogP contribution in [0, 0.1) is 13.0 Å². The highest BCUT2D eigenvalue weighted by molar-refractivity contribution is 7.98. The van der Waals surface area contributed by atoms with Crippen LogP contribution in [-0.2, 0) is 0 Å². The van der Waals surface area contributed by atoms with Gasteiger partial charge in [-0.15, -0.1) is 11.8 Å². The molecule has 0 spiro atoms. The number of hydrogen-bond donors (Lipinski definition) is 0. The molecule has 0 N–H and O–H groups in total. The maximum absolute atomic E-state index is 3.61.